The maximum absolute atomic E-state index is 12.8. The number of likely N-dealkylation sites (tertiary alicyclic amines) is 1. The van der Waals surface area contributed by atoms with E-state index in [9.17, 15) is 9.59 Å². The Morgan fingerprint density at radius 1 is 1.47 bits per heavy atom. The second kappa shape index (κ2) is 9.73. The molecular weight excluding hydrogens is 404 g/mol. The molecule has 0 saturated carbocycles. The molecule has 3 rings (SSSR count). The molecular formula is C22H29ClN4O3. The Hall–Kier alpha value is -2.22. The van der Waals surface area contributed by atoms with Gasteiger partial charge in [0.2, 0.25) is 0 Å². The van der Waals surface area contributed by atoms with Crippen LogP contribution in [0.4, 0.5) is 5.69 Å². The molecule has 2 heterocycles. The van der Waals surface area contributed by atoms with E-state index in [1.54, 1.807) is 25.4 Å². The van der Waals surface area contributed by atoms with Crippen molar-refractivity contribution < 1.29 is 14.3 Å². The van der Waals surface area contributed by atoms with Crippen LogP contribution in [0.2, 0.25) is 5.02 Å². The number of nitrogen functional groups attached to an aromatic ring is 1. The molecule has 0 radical (unpaired) electrons. The van der Waals surface area contributed by atoms with Crippen molar-refractivity contribution in [2.45, 2.75) is 31.8 Å². The minimum atomic E-state index is -0.453. The fourth-order valence-corrected chi connectivity index (χ4v) is 4.17. The van der Waals surface area contributed by atoms with E-state index in [0.717, 1.165) is 38.8 Å². The standard InChI is InChI=1S/C22H29ClN4O3/c1-22(30-2,7-11-28)14-27-9-5-15(6-10-27)13-26-21(29)17-12-18(23)19(24)16-4-3-8-25-20(16)17/h3-4,8,11-12,15H,5-7,9-10,13-14,24H2,1-2H3,(H,26,29). The normalized spacial score (nSPS) is 17.6. The number of nitrogens with zero attached hydrogens (tertiary/aromatic N) is 2. The summed E-state index contributed by atoms with van der Waals surface area (Å²) in [6.45, 7) is 5.11. The highest BCUT2D eigenvalue weighted by Crippen LogP contribution is 2.30. The number of carbonyl (C=O) groups excluding carboxylic acids is 2. The Morgan fingerprint density at radius 2 is 2.20 bits per heavy atom. The highest BCUT2D eigenvalue weighted by molar-refractivity contribution is 6.35. The molecule has 0 bridgehead atoms. The molecule has 1 unspecified atom stereocenters. The number of methoxy groups -OCH3 is 1. The molecule has 1 aliphatic rings. The number of aldehydes is 1. The first kappa shape index (κ1) is 22.5. The van der Waals surface area contributed by atoms with Gasteiger partial charge in [-0.15, -0.1) is 0 Å². The van der Waals surface area contributed by atoms with Gasteiger partial charge >= 0.3 is 0 Å². The molecule has 0 aliphatic carbocycles. The summed E-state index contributed by atoms with van der Waals surface area (Å²) < 4.78 is 5.53. The second-order valence-electron chi connectivity index (χ2n) is 8.17. The maximum Gasteiger partial charge on any atom is 0.253 e. The fraction of sp³-hybridized carbons (Fsp3) is 0.500. The Balaban J connectivity index is 1.57. The molecule has 1 atom stereocenters. The molecule has 1 aliphatic heterocycles. The summed E-state index contributed by atoms with van der Waals surface area (Å²) in [5.41, 5.74) is 7.00. The van der Waals surface area contributed by atoms with E-state index < -0.39 is 5.60 Å². The summed E-state index contributed by atoms with van der Waals surface area (Å²) in [6.07, 6.45) is 4.88. The quantitative estimate of drug-likeness (QED) is 0.491. The number of piperidine rings is 1. The van der Waals surface area contributed by atoms with E-state index in [2.05, 4.69) is 15.2 Å². The van der Waals surface area contributed by atoms with Gasteiger partial charge in [-0.25, -0.2) is 0 Å². The van der Waals surface area contributed by atoms with Gasteiger partial charge in [-0.05, 0) is 57.0 Å². The predicted molar refractivity (Wildman–Crippen MR) is 119 cm³/mol. The van der Waals surface area contributed by atoms with Gasteiger partial charge < -0.3 is 25.5 Å². The van der Waals surface area contributed by atoms with Crippen LogP contribution in [0.5, 0.6) is 0 Å². The van der Waals surface area contributed by atoms with Gasteiger partial charge in [-0.2, -0.15) is 0 Å². The number of nitrogens with one attached hydrogen (secondary N) is 1. The molecule has 1 aromatic heterocycles. The number of ether oxygens (including phenoxy) is 1. The third-order valence-electron chi connectivity index (χ3n) is 5.95. The molecule has 1 saturated heterocycles. The van der Waals surface area contributed by atoms with Gasteiger partial charge in [-0.1, -0.05) is 11.6 Å². The van der Waals surface area contributed by atoms with Crippen LogP contribution in [0.15, 0.2) is 24.4 Å². The van der Waals surface area contributed by atoms with E-state index in [-0.39, 0.29) is 5.91 Å². The fourth-order valence-electron chi connectivity index (χ4n) is 3.95. The zero-order valence-corrected chi connectivity index (χ0v) is 18.2. The molecule has 3 N–H and O–H groups in total. The summed E-state index contributed by atoms with van der Waals surface area (Å²) in [7, 11) is 1.65. The number of halogens is 1. The molecule has 2 aromatic rings. The Bertz CT molecular complexity index is 915. The summed E-state index contributed by atoms with van der Waals surface area (Å²) in [4.78, 5) is 30.4. The van der Waals surface area contributed by atoms with Crippen LogP contribution < -0.4 is 11.1 Å². The van der Waals surface area contributed by atoms with Crippen molar-refractivity contribution in [2.75, 3.05) is 39.0 Å². The smallest absolute Gasteiger partial charge is 0.253 e. The van der Waals surface area contributed by atoms with Crippen LogP contribution in [0.25, 0.3) is 10.9 Å². The number of carbonyl (C=O) groups is 2. The molecule has 162 valence electrons. The van der Waals surface area contributed by atoms with Crippen molar-refractivity contribution in [1.29, 1.82) is 0 Å². The monoisotopic (exact) mass is 432 g/mol. The zero-order chi connectivity index (χ0) is 21.7. The highest BCUT2D eigenvalue weighted by Gasteiger charge is 2.29. The zero-order valence-electron chi connectivity index (χ0n) is 17.5. The number of hydrogen-bond donors (Lipinski definition) is 2. The average Bonchev–Trinajstić information content (AvgIpc) is 2.75. The highest BCUT2D eigenvalue weighted by atomic mass is 35.5. The van der Waals surface area contributed by atoms with E-state index >= 15 is 0 Å². The largest absolute Gasteiger partial charge is 0.397 e. The lowest BCUT2D eigenvalue weighted by molar-refractivity contribution is -0.114. The van der Waals surface area contributed by atoms with Gasteiger partial charge in [0.05, 0.1) is 27.4 Å². The molecule has 8 heteroatoms. The minimum Gasteiger partial charge on any atom is -0.397 e. The van der Waals surface area contributed by atoms with Gasteiger partial charge in [-0.3, -0.25) is 9.78 Å². The second-order valence-corrected chi connectivity index (χ2v) is 8.58. The summed E-state index contributed by atoms with van der Waals surface area (Å²) in [6, 6.07) is 5.17. The lowest BCUT2D eigenvalue weighted by Gasteiger charge is -2.37. The van der Waals surface area contributed by atoms with Crippen molar-refractivity contribution in [1.82, 2.24) is 15.2 Å². The number of hydrogen-bond acceptors (Lipinski definition) is 6. The van der Waals surface area contributed by atoms with Crippen LogP contribution in [0.1, 0.15) is 36.5 Å². The molecule has 7 nitrogen and oxygen atoms in total. The van der Waals surface area contributed by atoms with Crippen molar-refractivity contribution >= 4 is 40.4 Å². The lowest BCUT2D eigenvalue weighted by Crippen LogP contribution is -2.47. The van der Waals surface area contributed by atoms with Crippen LogP contribution >= 0.6 is 11.6 Å². The number of rotatable bonds is 8. The van der Waals surface area contributed by atoms with E-state index in [4.69, 9.17) is 22.1 Å². The van der Waals surface area contributed by atoms with Crippen LogP contribution in [-0.2, 0) is 9.53 Å². The molecule has 1 fully saturated rings. The third kappa shape index (κ3) is 5.09. The molecule has 1 aromatic carbocycles. The number of nitrogens with two attached hydrogens (primary N) is 1. The van der Waals surface area contributed by atoms with Crippen molar-refractivity contribution in [3.05, 3.63) is 35.0 Å². The average molecular weight is 433 g/mol. The summed E-state index contributed by atoms with van der Waals surface area (Å²) >= 11 is 6.22. The molecule has 0 spiro atoms. The van der Waals surface area contributed by atoms with Crippen molar-refractivity contribution in [3.63, 3.8) is 0 Å². The minimum absolute atomic E-state index is 0.194. The Kier molecular flexibility index (Phi) is 7.28. The molecule has 1 amide bonds. The van der Waals surface area contributed by atoms with E-state index in [1.807, 2.05) is 13.0 Å². The number of fused-ring (bicyclic) bond motifs is 1. The van der Waals surface area contributed by atoms with E-state index in [1.165, 1.54) is 0 Å². The number of benzene rings is 1. The molecule has 30 heavy (non-hydrogen) atoms. The van der Waals surface area contributed by atoms with Gasteiger partial charge in [0.15, 0.2) is 0 Å². The van der Waals surface area contributed by atoms with Crippen molar-refractivity contribution in [2.24, 2.45) is 5.92 Å². The van der Waals surface area contributed by atoms with Crippen LogP contribution in [0, 0.1) is 5.92 Å². The van der Waals surface area contributed by atoms with Gasteiger partial charge in [0.25, 0.3) is 5.91 Å². The first-order chi connectivity index (χ1) is 14.4. The third-order valence-corrected chi connectivity index (χ3v) is 6.26. The number of amides is 1. The van der Waals surface area contributed by atoms with E-state index in [0.29, 0.717) is 46.1 Å². The Morgan fingerprint density at radius 3 is 2.87 bits per heavy atom. The van der Waals surface area contributed by atoms with Gasteiger partial charge in [0, 0.05) is 38.2 Å². The summed E-state index contributed by atoms with van der Waals surface area (Å²) in [5, 5.41) is 4.07. The Labute approximate surface area is 181 Å². The van der Waals surface area contributed by atoms with Gasteiger partial charge in [0.1, 0.15) is 6.29 Å². The summed E-state index contributed by atoms with van der Waals surface area (Å²) in [5.74, 6) is 0.203. The first-order valence-electron chi connectivity index (χ1n) is 10.2. The predicted octanol–water partition coefficient (Wildman–Crippen LogP) is 2.91. The van der Waals surface area contributed by atoms with Crippen LogP contribution in [0.3, 0.4) is 0 Å². The van der Waals surface area contributed by atoms with Crippen molar-refractivity contribution in [3.8, 4) is 0 Å². The number of pyridine rings is 1. The maximum atomic E-state index is 12.8. The van der Waals surface area contributed by atoms with Crippen LogP contribution in [-0.4, -0.2) is 61.0 Å². The number of aromatic nitrogens is 1. The first-order valence-corrected chi connectivity index (χ1v) is 10.6. The SMILES string of the molecule is COC(C)(CC=O)CN1CCC(CNC(=O)c2cc(Cl)c(N)c3cccnc23)CC1. The lowest BCUT2D eigenvalue weighted by atomic mass is 9.94. The topological polar surface area (TPSA) is 97.5 Å². The number of anilines is 1.